The third kappa shape index (κ3) is 9.27. The Morgan fingerprint density at radius 2 is 2.14 bits per heavy atom. The summed E-state index contributed by atoms with van der Waals surface area (Å²) in [4.78, 5) is 14.6. The van der Waals surface area contributed by atoms with Gasteiger partial charge in [0, 0.05) is 6.42 Å². The van der Waals surface area contributed by atoms with E-state index in [9.17, 15) is 18.0 Å². The Kier molecular flexibility index (Phi) is 5.47. The molecule has 0 aliphatic rings. The van der Waals surface area contributed by atoms with Gasteiger partial charge in [-0.05, 0) is 13.3 Å². The van der Waals surface area contributed by atoms with Gasteiger partial charge in [0.15, 0.2) is 6.61 Å². The highest BCUT2D eigenvalue weighted by molar-refractivity contribution is 5.74. The maximum atomic E-state index is 11.5. The van der Waals surface area contributed by atoms with Crippen LogP contribution in [0.1, 0.15) is 19.8 Å². The zero-order valence-corrected chi connectivity index (χ0v) is 7.60. The molecule has 2 N–H and O–H groups in total. The summed E-state index contributed by atoms with van der Waals surface area (Å²) in [5, 5.41) is 8.76. The molecule has 0 aromatic rings. The summed E-state index contributed by atoms with van der Waals surface area (Å²) in [7, 11) is 0. The fourth-order valence-corrected chi connectivity index (χ4v) is 0.589. The molecule has 0 heterocycles. The van der Waals surface area contributed by atoms with E-state index in [4.69, 9.17) is 5.11 Å². The number of alkyl halides is 3. The molecular weight excluding hydrogens is 203 g/mol. The number of hydrogen-bond acceptors (Lipinski definition) is 3. The molecule has 0 aromatic carbocycles. The molecule has 0 aliphatic carbocycles. The molecule has 0 aromatic heterocycles. The van der Waals surface area contributed by atoms with Gasteiger partial charge in [-0.1, -0.05) is 0 Å². The van der Waals surface area contributed by atoms with Crippen LogP contribution < -0.4 is 5.48 Å². The number of aliphatic hydroxyl groups excluding tert-OH is 1. The van der Waals surface area contributed by atoms with Gasteiger partial charge < -0.3 is 5.11 Å². The highest BCUT2D eigenvalue weighted by Crippen LogP contribution is 2.13. The number of halogens is 3. The Morgan fingerprint density at radius 1 is 1.57 bits per heavy atom. The number of nitrogens with one attached hydrogen (secondary N) is 1. The topological polar surface area (TPSA) is 58.6 Å². The van der Waals surface area contributed by atoms with Crippen molar-refractivity contribution in [2.45, 2.75) is 32.0 Å². The van der Waals surface area contributed by atoms with Crippen molar-refractivity contribution >= 4 is 5.91 Å². The van der Waals surface area contributed by atoms with Gasteiger partial charge in [0.25, 0.3) is 0 Å². The number of rotatable bonds is 5. The van der Waals surface area contributed by atoms with Gasteiger partial charge in [-0.25, -0.2) is 5.48 Å². The predicted octanol–water partition coefficient (Wildman–Crippen LogP) is 0.758. The second-order valence-corrected chi connectivity index (χ2v) is 2.82. The van der Waals surface area contributed by atoms with Crippen LogP contribution in [0.25, 0.3) is 0 Å². The van der Waals surface area contributed by atoms with Gasteiger partial charge >= 0.3 is 6.18 Å². The van der Waals surface area contributed by atoms with Gasteiger partial charge in [0.1, 0.15) is 0 Å². The molecule has 1 atom stereocenters. The van der Waals surface area contributed by atoms with E-state index in [1.54, 1.807) is 5.48 Å². The first-order chi connectivity index (χ1) is 6.31. The maximum absolute atomic E-state index is 11.5. The van der Waals surface area contributed by atoms with Crippen molar-refractivity contribution in [2.75, 3.05) is 6.61 Å². The number of hydrogen-bond donors (Lipinski definition) is 2. The molecule has 84 valence electrons. The van der Waals surface area contributed by atoms with Crippen LogP contribution in [-0.2, 0) is 9.63 Å². The van der Waals surface area contributed by atoms with E-state index in [1.165, 1.54) is 6.92 Å². The molecule has 7 heteroatoms. The lowest BCUT2D eigenvalue weighted by atomic mass is 10.2. The summed E-state index contributed by atoms with van der Waals surface area (Å²) in [5.41, 5.74) is 1.62. The van der Waals surface area contributed by atoms with Crippen LogP contribution >= 0.6 is 0 Å². The normalized spacial score (nSPS) is 13.8. The van der Waals surface area contributed by atoms with Crippen molar-refractivity contribution < 1.29 is 27.9 Å². The quantitative estimate of drug-likeness (QED) is 0.665. The summed E-state index contributed by atoms with van der Waals surface area (Å²) in [6, 6.07) is 0. The van der Waals surface area contributed by atoms with Crippen LogP contribution in [-0.4, -0.2) is 29.9 Å². The van der Waals surface area contributed by atoms with E-state index in [2.05, 4.69) is 4.84 Å². The molecule has 0 fully saturated rings. The van der Waals surface area contributed by atoms with Gasteiger partial charge in [-0.3, -0.25) is 9.63 Å². The highest BCUT2D eigenvalue weighted by atomic mass is 19.4. The highest BCUT2D eigenvalue weighted by Gasteiger charge is 2.28. The van der Waals surface area contributed by atoms with Crippen molar-refractivity contribution in [3.8, 4) is 0 Å². The van der Waals surface area contributed by atoms with E-state index in [0.717, 1.165) is 0 Å². The van der Waals surface area contributed by atoms with Gasteiger partial charge in [0.2, 0.25) is 5.91 Å². The second-order valence-electron chi connectivity index (χ2n) is 2.82. The Balaban J connectivity index is 3.46. The Hall–Kier alpha value is -0.820. The van der Waals surface area contributed by atoms with Crippen molar-refractivity contribution in [1.29, 1.82) is 0 Å². The lowest BCUT2D eigenvalue weighted by Crippen LogP contribution is -2.29. The molecule has 0 rings (SSSR count). The van der Waals surface area contributed by atoms with Gasteiger partial charge in [-0.2, -0.15) is 13.2 Å². The molecule has 0 bridgehead atoms. The Bertz CT molecular complexity index is 182. The molecule has 0 aliphatic heterocycles. The molecule has 1 amide bonds. The zero-order chi connectivity index (χ0) is 11.2. The average Bonchev–Trinajstić information content (AvgIpc) is 1.98. The molecule has 0 radical (unpaired) electrons. The van der Waals surface area contributed by atoms with Crippen LogP contribution in [0.2, 0.25) is 0 Å². The molecule has 1 unspecified atom stereocenters. The van der Waals surface area contributed by atoms with Gasteiger partial charge in [-0.15, -0.1) is 0 Å². The first kappa shape index (κ1) is 13.2. The molecular formula is C7H12F3NO3. The first-order valence-corrected chi connectivity index (χ1v) is 3.96. The summed E-state index contributed by atoms with van der Waals surface area (Å²) in [5.74, 6) is -0.685. The van der Waals surface area contributed by atoms with E-state index in [-0.39, 0.29) is 12.8 Å². The van der Waals surface area contributed by atoms with Crippen LogP contribution in [0.5, 0.6) is 0 Å². The lowest BCUT2D eigenvalue weighted by molar-refractivity contribution is -0.191. The Morgan fingerprint density at radius 3 is 2.57 bits per heavy atom. The Labute approximate surface area is 79.0 Å². The number of hydroxylamine groups is 1. The summed E-state index contributed by atoms with van der Waals surface area (Å²) >= 11 is 0. The number of amides is 1. The molecule has 0 spiro atoms. The summed E-state index contributed by atoms with van der Waals surface area (Å²) < 4.78 is 34.5. The van der Waals surface area contributed by atoms with E-state index < -0.39 is 24.8 Å². The maximum Gasteiger partial charge on any atom is 0.414 e. The largest absolute Gasteiger partial charge is 0.414 e. The third-order valence-electron chi connectivity index (χ3n) is 1.21. The van der Waals surface area contributed by atoms with Crippen molar-refractivity contribution in [1.82, 2.24) is 5.48 Å². The molecule has 0 saturated heterocycles. The van der Waals surface area contributed by atoms with E-state index in [1.807, 2.05) is 0 Å². The summed E-state index contributed by atoms with van der Waals surface area (Å²) in [6.45, 7) is -0.0444. The van der Waals surface area contributed by atoms with Crippen LogP contribution in [0.15, 0.2) is 0 Å². The monoisotopic (exact) mass is 215 g/mol. The smallest absolute Gasteiger partial charge is 0.393 e. The fraction of sp³-hybridized carbons (Fsp3) is 0.857. The minimum absolute atomic E-state index is 0.0739. The zero-order valence-electron chi connectivity index (χ0n) is 7.60. The fourth-order valence-electron chi connectivity index (χ4n) is 0.589. The van der Waals surface area contributed by atoms with E-state index in [0.29, 0.717) is 0 Å². The lowest BCUT2D eigenvalue weighted by Gasteiger charge is -2.08. The van der Waals surface area contributed by atoms with Crippen LogP contribution in [0.3, 0.4) is 0 Å². The van der Waals surface area contributed by atoms with Crippen molar-refractivity contribution in [3.05, 3.63) is 0 Å². The van der Waals surface area contributed by atoms with Crippen molar-refractivity contribution in [3.63, 3.8) is 0 Å². The second kappa shape index (κ2) is 5.82. The number of carbonyl (C=O) groups is 1. The first-order valence-electron chi connectivity index (χ1n) is 3.96. The number of carbonyl (C=O) groups excluding carboxylic acids is 1. The minimum Gasteiger partial charge on any atom is -0.393 e. The number of aliphatic hydroxyl groups is 1. The van der Waals surface area contributed by atoms with Crippen LogP contribution in [0, 0.1) is 0 Å². The third-order valence-corrected chi connectivity index (χ3v) is 1.21. The standard InChI is InChI=1S/C7H12F3NO3/c1-5(12)2-3-6(13)11-14-4-7(8,9)10/h5,12H,2-4H2,1H3,(H,11,13). The molecule has 4 nitrogen and oxygen atoms in total. The van der Waals surface area contributed by atoms with Gasteiger partial charge in [0.05, 0.1) is 6.10 Å². The van der Waals surface area contributed by atoms with E-state index >= 15 is 0 Å². The molecule has 14 heavy (non-hydrogen) atoms. The minimum atomic E-state index is -4.46. The van der Waals surface area contributed by atoms with Crippen molar-refractivity contribution in [2.24, 2.45) is 0 Å². The predicted molar refractivity (Wildman–Crippen MR) is 41.1 cm³/mol. The summed E-state index contributed by atoms with van der Waals surface area (Å²) in [6.07, 6.45) is -5.02. The average molecular weight is 215 g/mol. The SMILES string of the molecule is CC(O)CCC(=O)NOCC(F)(F)F. The van der Waals surface area contributed by atoms with Crippen LogP contribution in [0.4, 0.5) is 13.2 Å². The molecule has 0 saturated carbocycles.